The van der Waals surface area contributed by atoms with Crippen molar-refractivity contribution in [3.05, 3.63) is 155 Å². The second-order valence-electron chi connectivity index (χ2n) is 14.4. The third-order valence-corrected chi connectivity index (χ3v) is 15.0. The maximum absolute atomic E-state index is 6.96. The molecule has 0 fully saturated rings. The summed E-state index contributed by atoms with van der Waals surface area (Å²) >= 11 is 0. The number of hydrogen-bond acceptors (Lipinski definition) is 0. The zero-order valence-corrected chi connectivity index (χ0v) is 41.4. The zero-order chi connectivity index (χ0) is 42.3. The molecule has 0 saturated carbocycles. The third-order valence-electron chi connectivity index (χ3n) is 9.28. The summed E-state index contributed by atoms with van der Waals surface area (Å²) in [5, 5.41) is 0. The Labute approximate surface area is 381 Å². The maximum atomic E-state index is 6.96. The molecule has 3 heteroatoms. The van der Waals surface area contributed by atoms with E-state index in [-0.39, 0.29) is 21.1 Å². The second-order valence-corrected chi connectivity index (χ2v) is 19.8. The average Bonchev–Trinajstić information content (AvgIpc) is 3.28. The summed E-state index contributed by atoms with van der Waals surface area (Å²) in [6.07, 6.45) is 40.4. The molecule has 0 spiro atoms. The van der Waals surface area contributed by atoms with Gasteiger partial charge in [-0.1, -0.05) is 164 Å². The molecular formula is C56H72P2Pt. The van der Waals surface area contributed by atoms with Crippen LogP contribution < -0.4 is 0 Å². The van der Waals surface area contributed by atoms with Gasteiger partial charge >= 0.3 is 21.1 Å². The monoisotopic (exact) mass is 1000 g/mol. The first-order valence-corrected chi connectivity index (χ1v) is 25.9. The van der Waals surface area contributed by atoms with Gasteiger partial charge in [-0.25, -0.2) is 0 Å². The molecule has 4 rings (SSSR count). The van der Waals surface area contributed by atoms with Gasteiger partial charge in [0.15, 0.2) is 0 Å². The third kappa shape index (κ3) is 30.4. The number of rotatable bonds is 18. The molecule has 0 aliphatic rings. The van der Waals surface area contributed by atoms with Crippen LogP contribution in [0.2, 0.25) is 0 Å². The van der Waals surface area contributed by atoms with Crippen LogP contribution in [-0.4, -0.2) is 37.0 Å². The Morgan fingerprint density at radius 3 is 0.729 bits per heavy atom. The Kier molecular flexibility index (Phi) is 37.8. The van der Waals surface area contributed by atoms with Crippen LogP contribution in [0.1, 0.15) is 152 Å². The summed E-state index contributed by atoms with van der Waals surface area (Å²) in [5.74, 6) is 17.0. The fourth-order valence-electron chi connectivity index (χ4n) is 5.57. The molecule has 0 aliphatic heterocycles. The van der Waals surface area contributed by atoms with E-state index < -0.39 is 0 Å². The first kappa shape index (κ1) is 55.7. The van der Waals surface area contributed by atoms with Crippen LogP contribution in [0.15, 0.2) is 109 Å². The fourth-order valence-corrected chi connectivity index (χ4v) is 11.5. The molecule has 0 unspecified atom stereocenters. The first-order valence-electron chi connectivity index (χ1n) is 22.1. The van der Waals surface area contributed by atoms with E-state index in [0.29, 0.717) is 15.8 Å². The van der Waals surface area contributed by atoms with Gasteiger partial charge in [-0.15, -0.1) is 51.2 Å². The van der Waals surface area contributed by atoms with Gasteiger partial charge in [0.25, 0.3) is 0 Å². The van der Waals surface area contributed by atoms with E-state index in [4.69, 9.17) is 12.8 Å². The average molecular weight is 1000 g/mol. The maximum Gasteiger partial charge on any atom is 2.00 e. The second kappa shape index (κ2) is 40.1. The number of hydrogen-bond donors (Lipinski definition) is 0. The van der Waals surface area contributed by atoms with Crippen molar-refractivity contribution in [3.63, 3.8) is 0 Å². The SMILES string of the molecule is CCCCP(CCCC)CCCC.CCCCP(CCCC)CCCC.[C-]#Cc1ccc(C#Cc2ccccc2)cc1.[C-]#Cc1ccc(C#Cc2ccccc2)cc1.[Pt+2]. The van der Waals surface area contributed by atoms with Crippen molar-refractivity contribution < 1.29 is 21.1 Å². The molecule has 316 valence electrons. The molecule has 0 saturated heterocycles. The molecule has 0 amide bonds. The van der Waals surface area contributed by atoms with Crippen LogP contribution in [0, 0.1) is 48.4 Å². The molecule has 4 aromatic carbocycles. The van der Waals surface area contributed by atoms with Gasteiger partial charge < -0.3 is 12.8 Å². The van der Waals surface area contributed by atoms with E-state index in [2.05, 4.69) is 77.1 Å². The van der Waals surface area contributed by atoms with Crippen molar-refractivity contribution in [1.82, 2.24) is 0 Å². The zero-order valence-electron chi connectivity index (χ0n) is 37.3. The van der Waals surface area contributed by atoms with Crippen LogP contribution in [-0.2, 0) is 21.1 Å². The van der Waals surface area contributed by atoms with E-state index in [1.807, 2.05) is 109 Å². The summed E-state index contributed by atoms with van der Waals surface area (Å²) in [5.41, 5.74) is 5.44. The molecule has 0 N–H and O–H groups in total. The summed E-state index contributed by atoms with van der Waals surface area (Å²) in [4.78, 5) is 0. The summed E-state index contributed by atoms with van der Waals surface area (Å²) in [6, 6.07) is 34.7. The molecule has 0 nitrogen and oxygen atoms in total. The Morgan fingerprint density at radius 2 is 0.525 bits per heavy atom. The van der Waals surface area contributed by atoms with Crippen molar-refractivity contribution in [2.24, 2.45) is 0 Å². The first-order chi connectivity index (χ1) is 28.5. The van der Waals surface area contributed by atoms with Gasteiger partial charge in [-0.2, -0.15) is 0 Å². The van der Waals surface area contributed by atoms with Gasteiger partial charge in [0.1, 0.15) is 0 Å². The predicted molar refractivity (Wildman–Crippen MR) is 263 cm³/mol. The van der Waals surface area contributed by atoms with Crippen molar-refractivity contribution >= 4 is 15.8 Å². The Morgan fingerprint density at radius 1 is 0.322 bits per heavy atom. The van der Waals surface area contributed by atoms with Gasteiger partial charge in [-0.05, 0) is 99.8 Å². The smallest absolute Gasteiger partial charge is 0.366 e. The van der Waals surface area contributed by atoms with Gasteiger partial charge in [0, 0.05) is 22.3 Å². The van der Waals surface area contributed by atoms with Gasteiger partial charge in [0.2, 0.25) is 0 Å². The van der Waals surface area contributed by atoms with Gasteiger partial charge in [0.05, 0.1) is 0 Å². The molecule has 4 aromatic rings. The fraction of sp³-hybridized carbons (Fsp3) is 0.429. The van der Waals surface area contributed by atoms with Gasteiger partial charge in [-0.3, -0.25) is 11.8 Å². The minimum Gasteiger partial charge on any atom is -0.366 e. The van der Waals surface area contributed by atoms with Crippen molar-refractivity contribution in [3.8, 4) is 35.5 Å². The van der Waals surface area contributed by atoms with Crippen LogP contribution >= 0.6 is 15.8 Å². The van der Waals surface area contributed by atoms with Crippen molar-refractivity contribution in [2.45, 2.75) is 119 Å². The molecule has 0 atom stereocenters. The minimum absolute atomic E-state index is 0. The number of unbranched alkanes of at least 4 members (excludes halogenated alkanes) is 6. The molecule has 59 heavy (non-hydrogen) atoms. The summed E-state index contributed by atoms with van der Waals surface area (Å²) in [7, 11) is 0.843. The molecule has 0 heterocycles. The van der Waals surface area contributed by atoms with E-state index in [1.54, 1.807) is 37.0 Å². The van der Waals surface area contributed by atoms with E-state index in [1.165, 1.54) is 77.0 Å². The van der Waals surface area contributed by atoms with E-state index >= 15 is 0 Å². The van der Waals surface area contributed by atoms with Crippen molar-refractivity contribution in [2.75, 3.05) is 37.0 Å². The van der Waals surface area contributed by atoms with Crippen molar-refractivity contribution in [1.29, 1.82) is 0 Å². The molecular weight excluding hydrogens is 930 g/mol. The predicted octanol–water partition coefficient (Wildman–Crippen LogP) is 15.8. The van der Waals surface area contributed by atoms with E-state index in [0.717, 1.165) is 33.4 Å². The van der Waals surface area contributed by atoms with Crippen LogP contribution in [0.3, 0.4) is 0 Å². The Hall–Kier alpha value is -3.33. The normalized spacial score (nSPS) is 9.59. The largest absolute Gasteiger partial charge is 2.00 e. The summed E-state index contributed by atoms with van der Waals surface area (Å²) in [6.45, 7) is 13.9. The molecule has 0 aliphatic carbocycles. The summed E-state index contributed by atoms with van der Waals surface area (Å²) < 4.78 is 0. The standard InChI is InChI=1S/2C16H9.2C12H27P.Pt/c2*1-2-14-8-10-16(11-9-14)13-12-15-6-4-3-5-7-15;2*1-4-7-10-13(11-8-5-2)12-9-6-3;/h2*3-11H;2*4-12H2,1-3H3;/q2*-1;;;+2. The molecule has 0 radical (unpaired) electrons. The number of benzene rings is 4. The minimum atomic E-state index is 0. The topological polar surface area (TPSA) is 0 Å². The van der Waals surface area contributed by atoms with E-state index in [9.17, 15) is 0 Å². The quantitative estimate of drug-likeness (QED) is 0.0529. The van der Waals surface area contributed by atoms with Crippen LogP contribution in [0.25, 0.3) is 0 Å². The molecule has 0 bridgehead atoms. The van der Waals surface area contributed by atoms with Crippen LogP contribution in [0.4, 0.5) is 0 Å². The van der Waals surface area contributed by atoms with Crippen LogP contribution in [0.5, 0.6) is 0 Å². The molecule has 0 aromatic heterocycles. The Bertz CT molecular complexity index is 1590. The Balaban J connectivity index is 0.000000761.